The van der Waals surface area contributed by atoms with Crippen molar-refractivity contribution in [3.05, 3.63) is 48.6 Å². The molecule has 0 radical (unpaired) electrons. The molecule has 2 aliphatic rings. The summed E-state index contributed by atoms with van der Waals surface area (Å²) in [5.74, 6) is 0.235. The van der Waals surface area contributed by atoms with Crippen LogP contribution in [0.1, 0.15) is 27.7 Å². The predicted octanol–water partition coefficient (Wildman–Crippen LogP) is 4.18. The summed E-state index contributed by atoms with van der Waals surface area (Å²) >= 11 is 0. The number of carbonyl (C=O) groups is 1. The van der Waals surface area contributed by atoms with E-state index in [9.17, 15) is 4.79 Å². The molecule has 3 heteroatoms. The van der Waals surface area contributed by atoms with Crippen LogP contribution in [0.5, 0.6) is 0 Å². The molecule has 2 rings (SSSR count). The Hall–Kier alpha value is -1.77. The van der Waals surface area contributed by atoms with Gasteiger partial charge in [0.25, 0.3) is 0 Å². The predicted molar refractivity (Wildman–Crippen MR) is 79.3 cm³/mol. The Kier molecular flexibility index (Phi) is 3.89. The normalized spacial score (nSPS) is 38.8. The average Bonchev–Trinajstić information content (AvgIpc) is 2.36. The zero-order valence-corrected chi connectivity index (χ0v) is 12.5. The van der Waals surface area contributed by atoms with E-state index in [0.29, 0.717) is 0 Å². The van der Waals surface area contributed by atoms with Crippen LogP contribution in [0.25, 0.3) is 0 Å². The summed E-state index contributed by atoms with van der Waals surface area (Å²) in [6.07, 6.45) is 14.9. The molecule has 20 heavy (non-hydrogen) atoms. The Morgan fingerprint density at radius 2 is 1.25 bits per heavy atom. The molecule has 108 valence electrons. The first kappa shape index (κ1) is 14.6. The second kappa shape index (κ2) is 5.31. The van der Waals surface area contributed by atoms with Crippen LogP contribution in [0, 0.1) is 11.8 Å². The van der Waals surface area contributed by atoms with E-state index in [2.05, 4.69) is 0 Å². The number of rotatable bonds is 2. The van der Waals surface area contributed by atoms with Gasteiger partial charge in [-0.3, -0.25) is 0 Å². The van der Waals surface area contributed by atoms with Crippen LogP contribution >= 0.6 is 0 Å². The first-order valence-electron chi connectivity index (χ1n) is 7.00. The first-order chi connectivity index (χ1) is 9.36. The van der Waals surface area contributed by atoms with E-state index in [4.69, 9.17) is 9.47 Å². The molecule has 0 N–H and O–H groups in total. The van der Waals surface area contributed by atoms with E-state index < -0.39 is 17.4 Å². The van der Waals surface area contributed by atoms with E-state index in [0.717, 1.165) is 0 Å². The molecule has 4 atom stereocenters. The van der Waals surface area contributed by atoms with Gasteiger partial charge in [-0.1, -0.05) is 50.3 Å². The second-order valence-electron chi connectivity index (χ2n) is 5.89. The molecule has 0 saturated carbocycles. The summed E-state index contributed by atoms with van der Waals surface area (Å²) in [6.45, 7) is 7.81. The lowest BCUT2D eigenvalue weighted by molar-refractivity contribution is -0.0606. The zero-order valence-electron chi connectivity index (χ0n) is 12.5. The van der Waals surface area contributed by atoms with Gasteiger partial charge in [0.05, 0.1) is 0 Å². The molecule has 0 spiro atoms. The van der Waals surface area contributed by atoms with E-state index in [-0.39, 0.29) is 11.8 Å². The molecule has 0 fully saturated rings. The minimum Gasteiger partial charge on any atom is -0.423 e. The van der Waals surface area contributed by atoms with Gasteiger partial charge in [-0.05, 0) is 26.0 Å². The van der Waals surface area contributed by atoms with Gasteiger partial charge in [0.15, 0.2) is 0 Å². The second-order valence-corrected chi connectivity index (χ2v) is 5.89. The van der Waals surface area contributed by atoms with E-state index >= 15 is 0 Å². The van der Waals surface area contributed by atoms with E-state index in [1.165, 1.54) is 0 Å². The molecule has 0 saturated heterocycles. The Labute approximate surface area is 120 Å². The Morgan fingerprint density at radius 1 is 0.850 bits per heavy atom. The monoisotopic (exact) mass is 274 g/mol. The Morgan fingerprint density at radius 3 is 1.60 bits per heavy atom. The van der Waals surface area contributed by atoms with Gasteiger partial charge < -0.3 is 9.47 Å². The number of ether oxygens (including phenoxy) is 2. The molecule has 0 heterocycles. The summed E-state index contributed by atoms with van der Waals surface area (Å²) in [7, 11) is 0. The third-order valence-electron chi connectivity index (χ3n) is 4.29. The molecule has 2 aliphatic carbocycles. The highest BCUT2D eigenvalue weighted by Crippen LogP contribution is 2.32. The maximum absolute atomic E-state index is 12.1. The summed E-state index contributed by atoms with van der Waals surface area (Å²) in [5, 5.41) is 0. The van der Waals surface area contributed by atoms with Crippen LogP contribution < -0.4 is 0 Å². The lowest BCUT2D eigenvalue weighted by Crippen LogP contribution is -2.42. The average molecular weight is 274 g/mol. The van der Waals surface area contributed by atoms with Crippen molar-refractivity contribution in [1.29, 1.82) is 0 Å². The van der Waals surface area contributed by atoms with Crippen molar-refractivity contribution in [1.82, 2.24) is 0 Å². The fourth-order valence-electron chi connectivity index (χ4n) is 2.27. The highest BCUT2D eigenvalue weighted by atomic mass is 16.7. The number of hydrogen-bond acceptors (Lipinski definition) is 3. The molecule has 3 nitrogen and oxygen atoms in total. The molecule has 0 aromatic rings. The molecule has 0 aromatic heterocycles. The van der Waals surface area contributed by atoms with Crippen LogP contribution in [0.15, 0.2) is 48.6 Å². The molecular formula is C17H22O3. The number of carbonyl (C=O) groups excluding carboxylic acids is 1. The van der Waals surface area contributed by atoms with Crippen LogP contribution in [0.3, 0.4) is 0 Å². The maximum Gasteiger partial charge on any atom is 0.510 e. The third-order valence-corrected chi connectivity index (χ3v) is 4.29. The lowest BCUT2D eigenvalue weighted by atomic mass is 9.86. The molecule has 0 bridgehead atoms. The van der Waals surface area contributed by atoms with Crippen molar-refractivity contribution < 1.29 is 14.3 Å². The van der Waals surface area contributed by atoms with Gasteiger partial charge in [0.1, 0.15) is 11.2 Å². The van der Waals surface area contributed by atoms with Gasteiger partial charge >= 0.3 is 6.16 Å². The highest BCUT2D eigenvalue weighted by molar-refractivity contribution is 5.62. The van der Waals surface area contributed by atoms with Gasteiger partial charge in [0.2, 0.25) is 0 Å². The van der Waals surface area contributed by atoms with Gasteiger partial charge in [-0.15, -0.1) is 0 Å². The largest absolute Gasteiger partial charge is 0.510 e. The fraction of sp³-hybridized carbons (Fsp3) is 0.471. The van der Waals surface area contributed by atoms with Crippen molar-refractivity contribution in [3.8, 4) is 0 Å². The van der Waals surface area contributed by atoms with E-state index in [1.54, 1.807) is 0 Å². The first-order valence-corrected chi connectivity index (χ1v) is 7.00. The maximum atomic E-state index is 12.1. The van der Waals surface area contributed by atoms with E-state index in [1.807, 2.05) is 76.3 Å². The number of hydrogen-bond donors (Lipinski definition) is 0. The van der Waals surface area contributed by atoms with Crippen molar-refractivity contribution in [2.24, 2.45) is 11.8 Å². The van der Waals surface area contributed by atoms with Gasteiger partial charge in [-0.25, -0.2) is 4.79 Å². The Bertz CT molecular complexity index is 456. The fourth-order valence-corrected chi connectivity index (χ4v) is 2.27. The summed E-state index contributed by atoms with van der Waals surface area (Å²) in [6, 6.07) is 0. The minimum absolute atomic E-state index is 0.118. The topological polar surface area (TPSA) is 35.5 Å². The van der Waals surface area contributed by atoms with Crippen LogP contribution in [-0.4, -0.2) is 17.4 Å². The Balaban J connectivity index is 2.03. The molecule has 0 amide bonds. The number of allylic oxidation sites excluding steroid dienone is 4. The van der Waals surface area contributed by atoms with Crippen LogP contribution in [0.2, 0.25) is 0 Å². The van der Waals surface area contributed by atoms with Gasteiger partial charge in [-0.2, -0.15) is 0 Å². The summed E-state index contributed by atoms with van der Waals surface area (Å²) in [4.78, 5) is 12.1. The smallest absolute Gasteiger partial charge is 0.423 e. The SMILES string of the molecule is CC1C=CC=CC1(C)OC(=O)OC1(C)C=CC=CC1C. The summed E-state index contributed by atoms with van der Waals surface area (Å²) < 4.78 is 11.1. The van der Waals surface area contributed by atoms with Gasteiger partial charge in [0, 0.05) is 11.8 Å². The van der Waals surface area contributed by atoms with Crippen LogP contribution in [0.4, 0.5) is 4.79 Å². The van der Waals surface area contributed by atoms with Crippen LogP contribution in [-0.2, 0) is 9.47 Å². The zero-order chi connectivity index (χ0) is 14.8. The minimum atomic E-state index is -0.653. The quantitative estimate of drug-likeness (QED) is 0.709. The van der Waals surface area contributed by atoms with Crippen molar-refractivity contribution in [3.63, 3.8) is 0 Å². The third kappa shape index (κ3) is 2.87. The van der Waals surface area contributed by atoms with Crippen molar-refractivity contribution >= 4 is 6.16 Å². The lowest BCUT2D eigenvalue weighted by Gasteiger charge is -2.36. The molecular weight excluding hydrogens is 252 g/mol. The molecule has 4 unspecified atom stereocenters. The summed E-state index contributed by atoms with van der Waals surface area (Å²) in [5.41, 5.74) is -1.31. The highest BCUT2D eigenvalue weighted by Gasteiger charge is 2.38. The van der Waals surface area contributed by atoms with Crippen molar-refractivity contribution in [2.75, 3.05) is 0 Å². The molecule has 0 aliphatic heterocycles. The van der Waals surface area contributed by atoms with Crippen molar-refractivity contribution in [2.45, 2.75) is 38.9 Å². The standard InChI is InChI=1S/C17H22O3/c1-13-9-5-7-11-16(13,3)19-15(18)20-17(4)12-8-6-10-14(17)2/h5-14H,1-4H3. The molecule has 0 aromatic carbocycles.